The summed E-state index contributed by atoms with van der Waals surface area (Å²) in [5.41, 5.74) is 4.42. The maximum Gasteiger partial charge on any atom is 0.261 e. The number of anilines is 1. The number of carbonyl (C=O) groups is 1. The van der Waals surface area contributed by atoms with E-state index in [1.807, 2.05) is 44.2 Å². The number of morpholine rings is 1. The summed E-state index contributed by atoms with van der Waals surface area (Å²) < 4.78 is 7.01. The third kappa shape index (κ3) is 4.45. The van der Waals surface area contributed by atoms with Crippen LogP contribution < -0.4 is 5.32 Å². The van der Waals surface area contributed by atoms with Crippen molar-refractivity contribution >= 4 is 17.2 Å². The van der Waals surface area contributed by atoms with Crippen molar-refractivity contribution in [1.82, 2.24) is 19.5 Å². The van der Waals surface area contributed by atoms with Gasteiger partial charge in [0.25, 0.3) is 5.91 Å². The van der Waals surface area contributed by atoms with Crippen LogP contribution in [0.1, 0.15) is 27.3 Å². The Morgan fingerprint density at radius 1 is 1.21 bits per heavy atom. The number of hydrogen-bond donors (Lipinski definition) is 1. The van der Waals surface area contributed by atoms with Crippen molar-refractivity contribution in [2.24, 2.45) is 0 Å². The summed E-state index contributed by atoms with van der Waals surface area (Å²) in [6, 6.07) is 9.45. The van der Waals surface area contributed by atoms with E-state index < -0.39 is 0 Å². The van der Waals surface area contributed by atoms with Crippen LogP contribution in [-0.4, -0.2) is 58.3 Å². The van der Waals surface area contributed by atoms with Gasteiger partial charge in [-0.05, 0) is 44.2 Å². The van der Waals surface area contributed by atoms with E-state index >= 15 is 0 Å². The lowest BCUT2D eigenvalue weighted by Gasteiger charge is -2.24. The lowest BCUT2D eigenvalue weighted by molar-refractivity contribution is 0.0443. The number of nitrogens with one attached hydrogen (secondary N) is 1. The molecule has 29 heavy (non-hydrogen) atoms. The second-order valence-electron chi connectivity index (χ2n) is 7.05. The molecule has 7 heteroatoms. The topological polar surface area (TPSA) is 71.8 Å². The molecule has 0 spiro atoms. The predicted octanol–water partition coefficient (Wildman–Crippen LogP) is 2.28. The van der Waals surface area contributed by atoms with Gasteiger partial charge in [0.2, 0.25) is 0 Å². The molecular formula is C22H23N5O2. The van der Waals surface area contributed by atoms with E-state index in [2.05, 4.69) is 32.1 Å². The Morgan fingerprint density at radius 3 is 2.72 bits per heavy atom. The molecule has 2 aromatic heterocycles. The van der Waals surface area contributed by atoms with E-state index in [4.69, 9.17) is 4.74 Å². The third-order valence-corrected chi connectivity index (χ3v) is 4.80. The van der Waals surface area contributed by atoms with E-state index in [-0.39, 0.29) is 5.91 Å². The molecule has 1 amide bonds. The smallest absolute Gasteiger partial charge is 0.261 e. The Morgan fingerprint density at radius 2 is 1.97 bits per heavy atom. The second kappa shape index (κ2) is 8.43. The van der Waals surface area contributed by atoms with Gasteiger partial charge in [-0.3, -0.25) is 9.69 Å². The van der Waals surface area contributed by atoms with Crippen LogP contribution in [0.2, 0.25) is 0 Å². The highest BCUT2D eigenvalue weighted by molar-refractivity contribution is 6.08. The van der Waals surface area contributed by atoms with E-state index in [1.54, 1.807) is 10.7 Å². The highest BCUT2D eigenvalue weighted by atomic mass is 16.5. The van der Waals surface area contributed by atoms with Gasteiger partial charge in [0.15, 0.2) is 5.65 Å². The summed E-state index contributed by atoms with van der Waals surface area (Å²) in [7, 11) is 0. The van der Waals surface area contributed by atoms with Gasteiger partial charge in [-0.15, -0.1) is 0 Å². The summed E-state index contributed by atoms with van der Waals surface area (Å²) in [6.07, 6.45) is 1.55. The van der Waals surface area contributed by atoms with E-state index in [0.29, 0.717) is 16.9 Å². The van der Waals surface area contributed by atoms with Gasteiger partial charge < -0.3 is 10.1 Å². The number of amides is 1. The molecule has 0 unspecified atom stereocenters. The molecule has 0 radical (unpaired) electrons. The van der Waals surface area contributed by atoms with Gasteiger partial charge in [0.05, 0.1) is 26.0 Å². The average Bonchev–Trinajstić information content (AvgIpc) is 3.14. The van der Waals surface area contributed by atoms with Crippen molar-refractivity contribution in [2.75, 3.05) is 38.2 Å². The molecule has 0 aliphatic carbocycles. The highest BCUT2D eigenvalue weighted by Crippen LogP contribution is 2.15. The second-order valence-corrected chi connectivity index (χ2v) is 7.05. The first-order valence-corrected chi connectivity index (χ1v) is 9.62. The standard InChI is InChI=1S/C22H23N5O2/c1-16-14-17(2)27-21(24-16)20(15-23-27)22(28)25-19-7-5-18(6-8-19)4-3-9-26-10-12-29-13-11-26/h5-8,14-15H,9-13H2,1-2H3,(H,25,28). The zero-order chi connectivity index (χ0) is 20.2. The van der Waals surface area contributed by atoms with Crippen LogP contribution in [0.5, 0.6) is 0 Å². The average molecular weight is 389 g/mol. The summed E-state index contributed by atoms with van der Waals surface area (Å²) in [5, 5.41) is 7.18. The predicted molar refractivity (Wildman–Crippen MR) is 111 cm³/mol. The van der Waals surface area contributed by atoms with Crippen LogP contribution in [0, 0.1) is 25.7 Å². The quantitative estimate of drug-likeness (QED) is 0.696. The maximum atomic E-state index is 12.7. The lowest BCUT2D eigenvalue weighted by atomic mass is 10.2. The van der Waals surface area contributed by atoms with Gasteiger partial charge in [0.1, 0.15) is 5.56 Å². The van der Waals surface area contributed by atoms with Crippen molar-refractivity contribution in [2.45, 2.75) is 13.8 Å². The number of aryl methyl sites for hydroxylation is 2. The molecule has 1 aliphatic rings. The molecule has 3 aromatic rings. The van der Waals surface area contributed by atoms with Gasteiger partial charge in [-0.25, -0.2) is 9.50 Å². The number of hydrogen-bond acceptors (Lipinski definition) is 5. The van der Waals surface area contributed by atoms with Gasteiger partial charge in [-0.1, -0.05) is 11.8 Å². The van der Waals surface area contributed by atoms with Crippen LogP contribution >= 0.6 is 0 Å². The molecule has 1 N–H and O–H groups in total. The third-order valence-electron chi connectivity index (χ3n) is 4.80. The van der Waals surface area contributed by atoms with Crippen LogP contribution in [0.25, 0.3) is 5.65 Å². The highest BCUT2D eigenvalue weighted by Gasteiger charge is 2.15. The Hall–Kier alpha value is -3.21. The van der Waals surface area contributed by atoms with Crippen molar-refractivity contribution in [1.29, 1.82) is 0 Å². The van der Waals surface area contributed by atoms with Gasteiger partial charge in [-0.2, -0.15) is 5.10 Å². The minimum atomic E-state index is -0.233. The summed E-state index contributed by atoms with van der Waals surface area (Å²) in [5.74, 6) is 6.13. The van der Waals surface area contributed by atoms with E-state index in [9.17, 15) is 4.79 Å². The molecule has 3 heterocycles. The number of benzene rings is 1. The van der Waals surface area contributed by atoms with Crippen molar-refractivity contribution in [3.63, 3.8) is 0 Å². The van der Waals surface area contributed by atoms with Gasteiger partial charge >= 0.3 is 0 Å². The molecule has 1 aromatic carbocycles. The molecule has 7 nitrogen and oxygen atoms in total. The van der Waals surface area contributed by atoms with Crippen LogP contribution in [-0.2, 0) is 4.74 Å². The van der Waals surface area contributed by atoms with Crippen LogP contribution in [0.15, 0.2) is 36.5 Å². The number of aromatic nitrogens is 3. The first-order chi connectivity index (χ1) is 14.1. The minimum Gasteiger partial charge on any atom is -0.379 e. The number of fused-ring (bicyclic) bond motifs is 1. The Bertz CT molecular complexity index is 1090. The fraction of sp³-hybridized carbons (Fsp3) is 0.318. The monoisotopic (exact) mass is 389 g/mol. The van der Waals surface area contributed by atoms with Crippen molar-refractivity contribution in [3.8, 4) is 11.8 Å². The zero-order valence-electron chi connectivity index (χ0n) is 16.6. The number of carbonyl (C=O) groups excluding carboxylic acids is 1. The fourth-order valence-corrected chi connectivity index (χ4v) is 3.28. The Balaban J connectivity index is 1.42. The van der Waals surface area contributed by atoms with E-state index in [0.717, 1.165) is 49.8 Å². The van der Waals surface area contributed by atoms with Crippen LogP contribution in [0.3, 0.4) is 0 Å². The molecule has 1 aliphatic heterocycles. The fourth-order valence-electron chi connectivity index (χ4n) is 3.28. The molecule has 1 fully saturated rings. The molecule has 0 bridgehead atoms. The SMILES string of the molecule is Cc1cc(C)n2ncc(C(=O)Nc3ccc(C#CCN4CCOCC4)cc3)c2n1. The summed E-state index contributed by atoms with van der Waals surface area (Å²) >= 11 is 0. The maximum absolute atomic E-state index is 12.7. The molecular weight excluding hydrogens is 366 g/mol. The zero-order valence-corrected chi connectivity index (χ0v) is 16.6. The largest absolute Gasteiger partial charge is 0.379 e. The lowest BCUT2D eigenvalue weighted by Crippen LogP contribution is -2.36. The van der Waals surface area contributed by atoms with Crippen molar-refractivity contribution in [3.05, 3.63) is 59.0 Å². The first kappa shape index (κ1) is 19.1. The number of ether oxygens (including phenoxy) is 1. The van der Waals surface area contributed by atoms with E-state index in [1.165, 1.54) is 0 Å². The minimum absolute atomic E-state index is 0.233. The first-order valence-electron chi connectivity index (χ1n) is 9.62. The summed E-state index contributed by atoms with van der Waals surface area (Å²) in [6.45, 7) is 7.99. The molecule has 4 rings (SSSR count). The molecule has 148 valence electrons. The Labute approximate surface area is 169 Å². The summed E-state index contributed by atoms with van der Waals surface area (Å²) in [4.78, 5) is 19.4. The van der Waals surface area contributed by atoms with Gasteiger partial charge in [0, 0.05) is 35.7 Å². The number of nitrogens with zero attached hydrogens (tertiary/aromatic N) is 4. The number of rotatable bonds is 3. The molecule has 0 saturated carbocycles. The molecule has 0 atom stereocenters. The Kier molecular flexibility index (Phi) is 5.56. The normalized spacial score (nSPS) is 14.4. The molecule has 1 saturated heterocycles. The van der Waals surface area contributed by atoms with Crippen molar-refractivity contribution < 1.29 is 9.53 Å². The van der Waals surface area contributed by atoms with Crippen LogP contribution in [0.4, 0.5) is 5.69 Å².